The van der Waals surface area contributed by atoms with Crippen LogP contribution in [0.5, 0.6) is 0 Å². The topological polar surface area (TPSA) is 71.2 Å². The summed E-state index contributed by atoms with van der Waals surface area (Å²) in [5.41, 5.74) is 0.478. The molecule has 1 aromatic carbocycles. The SMILES string of the molecule is CC1OC(=O)C(N=Nc2ccccc2)=C1O. The highest BCUT2D eigenvalue weighted by Crippen LogP contribution is 2.23. The fraction of sp³-hybridized carbons (Fsp3) is 0.182. The van der Waals surface area contributed by atoms with Gasteiger partial charge in [-0.15, -0.1) is 5.11 Å². The molecule has 1 aliphatic heterocycles. The van der Waals surface area contributed by atoms with Crippen LogP contribution in [-0.4, -0.2) is 17.2 Å². The Labute approximate surface area is 92.1 Å². The highest BCUT2D eigenvalue weighted by Gasteiger charge is 2.31. The van der Waals surface area contributed by atoms with E-state index in [4.69, 9.17) is 4.74 Å². The van der Waals surface area contributed by atoms with Crippen LogP contribution in [0, 0.1) is 0 Å². The Bertz CT molecular complexity index is 465. The monoisotopic (exact) mass is 218 g/mol. The van der Waals surface area contributed by atoms with E-state index in [1.165, 1.54) is 0 Å². The first-order chi connectivity index (χ1) is 7.68. The first-order valence-corrected chi connectivity index (χ1v) is 4.79. The van der Waals surface area contributed by atoms with E-state index in [1.807, 2.05) is 6.07 Å². The van der Waals surface area contributed by atoms with Crippen LogP contribution in [0.1, 0.15) is 6.92 Å². The van der Waals surface area contributed by atoms with Crippen molar-refractivity contribution in [3.05, 3.63) is 41.8 Å². The van der Waals surface area contributed by atoms with Crippen molar-refractivity contribution in [2.75, 3.05) is 0 Å². The molecule has 0 saturated heterocycles. The van der Waals surface area contributed by atoms with Gasteiger partial charge < -0.3 is 9.84 Å². The lowest BCUT2D eigenvalue weighted by molar-refractivity contribution is -0.139. The van der Waals surface area contributed by atoms with Crippen LogP contribution in [0.2, 0.25) is 0 Å². The lowest BCUT2D eigenvalue weighted by Gasteiger charge is -1.98. The summed E-state index contributed by atoms with van der Waals surface area (Å²) >= 11 is 0. The number of benzene rings is 1. The van der Waals surface area contributed by atoms with E-state index < -0.39 is 12.1 Å². The third kappa shape index (κ3) is 1.93. The van der Waals surface area contributed by atoms with Crippen molar-refractivity contribution in [2.45, 2.75) is 13.0 Å². The molecule has 1 aliphatic rings. The normalized spacial score (nSPS) is 20.6. The van der Waals surface area contributed by atoms with E-state index in [0.717, 1.165) is 0 Å². The zero-order chi connectivity index (χ0) is 11.5. The molecule has 0 saturated carbocycles. The maximum Gasteiger partial charge on any atom is 0.363 e. The molecular formula is C11H10N2O3. The number of carbonyl (C=O) groups excluding carboxylic acids is 1. The average Bonchev–Trinajstić information content (AvgIpc) is 2.53. The summed E-state index contributed by atoms with van der Waals surface area (Å²) < 4.78 is 4.76. The first-order valence-electron chi connectivity index (χ1n) is 4.79. The van der Waals surface area contributed by atoms with E-state index in [2.05, 4.69) is 10.2 Å². The predicted molar refractivity (Wildman–Crippen MR) is 56.2 cm³/mol. The molecule has 1 unspecified atom stereocenters. The van der Waals surface area contributed by atoms with Gasteiger partial charge >= 0.3 is 5.97 Å². The molecule has 0 amide bonds. The second-order valence-electron chi connectivity index (χ2n) is 3.32. The molecule has 5 heteroatoms. The van der Waals surface area contributed by atoms with Gasteiger partial charge in [0.25, 0.3) is 0 Å². The molecule has 16 heavy (non-hydrogen) atoms. The summed E-state index contributed by atoms with van der Waals surface area (Å²) in [6.45, 7) is 1.57. The molecule has 0 fully saturated rings. The third-order valence-electron chi connectivity index (χ3n) is 2.13. The number of rotatable bonds is 2. The molecule has 2 rings (SSSR count). The summed E-state index contributed by atoms with van der Waals surface area (Å²) in [5.74, 6) is -0.825. The predicted octanol–water partition coefficient (Wildman–Crippen LogP) is 2.49. The molecule has 0 spiro atoms. The number of azo groups is 1. The van der Waals surface area contributed by atoms with Gasteiger partial charge in [0.15, 0.2) is 11.9 Å². The molecule has 5 nitrogen and oxygen atoms in total. The summed E-state index contributed by atoms with van der Waals surface area (Å²) in [6.07, 6.45) is -0.641. The van der Waals surface area contributed by atoms with Gasteiger partial charge in [0.05, 0.1) is 5.69 Å². The van der Waals surface area contributed by atoms with Crippen LogP contribution in [0.4, 0.5) is 5.69 Å². The summed E-state index contributed by atoms with van der Waals surface area (Å²) in [6, 6.07) is 8.94. The van der Waals surface area contributed by atoms with Crippen LogP contribution in [0.15, 0.2) is 52.0 Å². The summed E-state index contributed by atoms with van der Waals surface area (Å²) in [5, 5.41) is 17.0. The highest BCUT2D eigenvalue weighted by molar-refractivity contribution is 5.91. The minimum absolute atomic E-state index is 0.128. The zero-order valence-corrected chi connectivity index (χ0v) is 8.62. The van der Waals surface area contributed by atoms with Crippen molar-refractivity contribution in [2.24, 2.45) is 10.2 Å². The van der Waals surface area contributed by atoms with Crippen LogP contribution in [0.25, 0.3) is 0 Å². The number of aliphatic hydroxyl groups is 1. The molecule has 0 aromatic heterocycles. The maximum absolute atomic E-state index is 11.2. The first kappa shape index (κ1) is 10.4. The summed E-state index contributed by atoms with van der Waals surface area (Å²) in [4.78, 5) is 11.2. The Morgan fingerprint density at radius 1 is 1.25 bits per heavy atom. The number of carbonyl (C=O) groups is 1. The number of esters is 1. The van der Waals surface area contributed by atoms with Gasteiger partial charge in [-0.1, -0.05) is 18.2 Å². The second kappa shape index (κ2) is 4.14. The Kier molecular flexibility index (Phi) is 2.68. The molecule has 0 radical (unpaired) electrons. The smallest absolute Gasteiger partial charge is 0.363 e. The van der Waals surface area contributed by atoms with Gasteiger partial charge in [-0.05, 0) is 19.1 Å². The molecule has 1 N–H and O–H groups in total. The van der Waals surface area contributed by atoms with Crippen LogP contribution in [-0.2, 0) is 9.53 Å². The van der Waals surface area contributed by atoms with Gasteiger partial charge in [-0.25, -0.2) is 4.79 Å². The van der Waals surface area contributed by atoms with Gasteiger partial charge in [0.2, 0.25) is 5.70 Å². The Balaban J connectivity index is 2.22. The van der Waals surface area contributed by atoms with Crippen molar-refractivity contribution in [3.63, 3.8) is 0 Å². The lowest BCUT2D eigenvalue weighted by atomic mass is 10.3. The molecular weight excluding hydrogens is 208 g/mol. The quantitative estimate of drug-likeness (QED) is 0.612. The van der Waals surface area contributed by atoms with E-state index in [0.29, 0.717) is 5.69 Å². The van der Waals surface area contributed by atoms with Gasteiger partial charge in [-0.3, -0.25) is 0 Å². The fourth-order valence-electron chi connectivity index (χ4n) is 1.26. The molecule has 0 bridgehead atoms. The van der Waals surface area contributed by atoms with Crippen molar-refractivity contribution in [1.82, 2.24) is 0 Å². The molecule has 1 aromatic rings. The Morgan fingerprint density at radius 2 is 1.94 bits per heavy atom. The number of cyclic esters (lactones) is 1. The molecule has 1 atom stereocenters. The largest absolute Gasteiger partial charge is 0.506 e. The lowest BCUT2D eigenvalue weighted by Crippen LogP contribution is -2.05. The van der Waals surface area contributed by atoms with Crippen molar-refractivity contribution in [1.29, 1.82) is 0 Å². The van der Waals surface area contributed by atoms with E-state index in [1.54, 1.807) is 31.2 Å². The molecule has 0 aliphatic carbocycles. The highest BCUT2D eigenvalue weighted by atomic mass is 16.6. The van der Waals surface area contributed by atoms with Crippen molar-refractivity contribution in [3.8, 4) is 0 Å². The van der Waals surface area contributed by atoms with Gasteiger partial charge in [-0.2, -0.15) is 5.11 Å². The van der Waals surface area contributed by atoms with E-state index in [9.17, 15) is 9.90 Å². The van der Waals surface area contributed by atoms with E-state index in [-0.39, 0.29) is 11.5 Å². The maximum atomic E-state index is 11.2. The number of nitrogens with zero attached hydrogens (tertiary/aromatic N) is 2. The molecule has 1 heterocycles. The van der Waals surface area contributed by atoms with Crippen molar-refractivity contribution < 1.29 is 14.6 Å². The Hall–Kier alpha value is -2.17. The minimum Gasteiger partial charge on any atom is -0.506 e. The average molecular weight is 218 g/mol. The van der Waals surface area contributed by atoms with Crippen LogP contribution in [0.3, 0.4) is 0 Å². The van der Waals surface area contributed by atoms with Crippen molar-refractivity contribution >= 4 is 11.7 Å². The second-order valence-corrected chi connectivity index (χ2v) is 3.32. The van der Waals surface area contributed by atoms with Gasteiger partial charge in [0.1, 0.15) is 0 Å². The number of hydrogen-bond donors (Lipinski definition) is 1. The Morgan fingerprint density at radius 3 is 2.50 bits per heavy atom. The zero-order valence-electron chi connectivity index (χ0n) is 8.62. The molecule has 82 valence electrons. The standard InChI is InChI=1S/C11H10N2O3/c1-7-10(14)9(11(15)16-7)13-12-8-5-3-2-4-6-8/h2-7,14H,1H3. The minimum atomic E-state index is -0.648. The fourth-order valence-corrected chi connectivity index (χ4v) is 1.26. The van der Waals surface area contributed by atoms with Gasteiger partial charge in [0, 0.05) is 0 Å². The van der Waals surface area contributed by atoms with Crippen LogP contribution < -0.4 is 0 Å². The third-order valence-corrected chi connectivity index (χ3v) is 2.13. The number of ether oxygens (including phenoxy) is 1. The summed E-state index contributed by atoms with van der Waals surface area (Å²) in [7, 11) is 0. The van der Waals surface area contributed by atoms with Crippen LogP contribution >= 0.6 is 0 Å². The number of hydrogen-bond acceptors (Lipinski definition) is 5. The van der Waals surface area contributed by atoms with E-state index >= 15 is 0 Å². The number of aliphatic hydroxyl groups excluding tert-OH is 1.